The summed E-state index contributed by atoms with van der Waals surface area (Å²) in [4.78, 5) is 12.2. The highest BCUT2D eigenvalue weighted by Gasteiger charge is 2.21. The molecule has 1 aromatic rings. The van der Waals surface area contributed by atoms with Gasteiger partial charge in [0, 0.05) is 23.3 Å². The average Bonchev–Trinajstić information content (AvgIpc) is 2.52. The maximum atomic E-state index is 12.2. The van der Waals surface area contributed by atoms with E-state index in [1.165, 1.54) is 6.07 Å². The third-order valence-electron chi connectivity index (χ3n) is 3.88. The zero-order valence-corrected chi connectivity index (χ0v) is 14.9. The molecule has 0 spiro atoms. The lowest BCUT2D eigenvalue weighted by molar-refractivity contribution is 0.0942. The molecule has 1 aromatic carbocycles. The highest BCUT2D eigenvalue weighted by molar-refractivity contribution is 7.92. The average molecular weight is 341 g/mol. The Morgan fingerprint density at radius 1 is 1.22 bits per heavy atom. The van der Waals surface area contributed by atoms with Crippen LogP contribution in [0.25, 0.3) is 0 Å². The number of anilines is 1. The van der Waals surface area contributed by atoms with Crippen LogP contribution in [0, 0.1) is 0 Å². The molecule has 0 unspecified atom stereocenters. The smallest absolute Gasteiger partial charge is 0.251 e. The Morgan fingerprint density at radius 3 is 2.43 bits per heavy atom. The largest absolute Gasteiger partial charge is 0.350 e. The second kappa shape index (κ2) is 8.31. The molecule has 0 saturated carbocycles. The number of carbonyl (C=O) groups excluding carboxylic acids is 1. The van der Waals surface area contributed by atoms with Crippen LogP contribution in [0.1, 0.15) is 50.4 Å². The summed E-state index contributed by atoms with van der Waals surface area (Å²) in [6.45, 7) is 6.14. The quantitative estimate of drug-likeness (QED) is 0.640. The number of sulfonamides is 1. The van der Waals surface area contributed by atoms with Crippen molar-refractivity contribution in [1.29, 1.82) is 0 Å². The molecule has 1 rings (SSSR count). The fourth-order valence-corrected chi connectivity index (χ4v) is 3.21. The van der Waals surface area contributed by atoms with E-state index < -0.39 is 15.6 Å². The number of nitrogens with one attached hydrogen (secondary N) is 2. The molecular weight excluding hydrogens is 314 g/mol. The molecule has 130 valence electrons. The highest BCUT2D eigenvalue weighted by atomic mass is 32.2. The zero-order valence-electron chi connectivity index (χ0n) is 14.1. The number of hydrogen-bond acceptors (Lipinski definition) is 4. The summed E-state index contributed by atoms with van der Waals surface area (Å²) in [5.41, 5.74) is 6.53. The monoisotopic (exact) mass is 341 g/mol. The molecule has 4 N–H and O–H groups in total. The lowest BCUT2D eigenvalue weighted by atomic mass is 9.94. The molecule has 0 radical (unpaired) electrons. The molecule has 0 heterocycles. The SMILES string of the molecule is CCCS(=O)(=O)Nc1cccc(C(=O)NCC(N)(CC)CC)c1. The van der Waals surface area contributed by atoms with E-state index in [9.17, 15) is 13.2 Å². The first kappa shape index (κ1) is 19.4. The third-order valence-corrected chi connectivity index (χ3v) is 5.37. The van der Waals surface area contributed by atoms with Crippen LogP contribution in [-0.4, -0.2) is 32.2 Å². The van der Waals surface area contributed by atoms with Crippen LogP contribution in [0.4, 0.5) is 5.69 Å². The first-order valence-corrected chi connectivity index (χ1v) is 9.58. The number of benzene rings is 1. The molecule has 7 heteroatoms. The molecule has 6 nitrogen and oxygen atoms in total. The Balaban J connectivity index is 2.78. The summed E-state index contributed by atoms with van der Waals surface area (Å²) in [5, 5.41) is 2.82. The van der Waals surface area contributed by atoms with Crippen molar-refractivity contribution < 1.29 is 13.2 Å². The molecular formula is C16H27N3O3S. The van der Waals surface area contributed by atoms with E-state index in [1.54, 1.807) is 25.1 Å². The number of nitrogens with two attached hydrogens (primary N) is 1. The number of carbonyl (C=O) groups is 1. The van der Waals surface area contributed by atoms with E-state index in [4.69, 9.17) is 5.73 Å². The topological polar surface area (TPSA) is 101 Å². The van der Waals surface area contributed by atoms with Gasteiger partial charge in [-0.05, 0) is 37.5 Å². The molecule has 0 bridgehead atoms. The van der Waals surface area contributed by atoms with Crippen LogP contribution in [0.5, 0.6) is 0 Å². The minimum atomic E-state index is -3.37. The van der Waals surface area contributed by atoms with E-state index in [-0.39, 0.29) is 11.7 Å². The highest BCUT2D eigenvalue weighted by Crippen LogP contribution is 2.14. The Kier molecular flexibility index (Phi) is 7.02. The normalized spacial score (nSPS) is 12.0. The number of rotatable bonds is 9. The molecule has 0 aliphatic heterocycles. The Hall–Kier alpha value is -1.60. The van der Waals surface area contributed by atoms with Crippen molar-refractivity contribution in [2.75, 3.05) is 17.0 Å². The lowest BCUT2D eigenvalue weighted by Gasteiger charge is -2.26. The van der Waals surface area contributed by atoms with Crippen molar-refractivity contribution in [3.63, 3.8) is 0 Å². The molecule has 0 saturated heterocycles. The minimum Gasteiger partial charge on any atom is -0.350 e. The van der Waals surface area contributed by atoms with Gasteiger partial charge >= 0.3 is 0 Å². The van der Waals surface area contributed by atoms with Crippen LogP contribution >= 0.6 is 0 Å². The summed E-state index contributed by atoms with van der Waals surface area (Å²) in [6, 6.07) is 6.44. The van der Waals surface area contributed by atoms with Gasteiger partial charge in [0.1, 0.15) is 0 Å². The zero-order chi connectivity index (χ0) is 17.5. The second-order valence-electron chi connectivity index (χ2n) is 5.75. The predicted molar refractivity (Wildman–Crippen MR) is 94.0 cm³/mol. The van der Waals surface area contributed by atoms with Gasteiger partial charge in [-0.3, -0.25) is 9.52 Å². The fraction of sp³-hybridized carbons (Fsp3) is 0.562. The molecule has 0 aromatic heterocycles. The van der Waals surface area contributed by atoms with Crippen LogP contribution in [0.15, 0.2) is 24.3 Å². The van der Waals surface area contributed by atoms with Crippen molar-refractivity contribution in [3.05, 3.63) is 29.8 Å². The van der Waals surface area contributed by atoms with E-state index >= 15 is 0 Å². The van der Waals surface area contributed by atoms with Crippen molar-refractivity contribution in [2.24, 2.45) is 5.73 Å². The van der Waals surface area contributed by atoms with Gasteiger partial charge in [-0.1, -0.05) is 26.8 Å². The first-order valence-electron chi connectivity index (χ1n) is 7.93. The number of amides is 1. The van der Waals surface area contributed by atoms with Crippen LogP contribution in [0.2, 0.25) is 0 Å². The molecule has 0 fully saturated rings. The standard InChI is InChI=1S/C16H27N3O3S/c1-4-10-23(21,22)19-14-9-7-8-13(11-14)15(20)18-12-16(17,5-2)6-3/h7-9,11,19H,4-6,10,12,17H2,1-3H3,(H,18,20). The van der Waals surface area contributed by atoms with Gasteiger partial charge in [-0.25, -0.2) is 8.42 Å². The van der Waals surface area contributed by atoms with Crippen LogP contribution in [-0.2, 0) is 10.0 Å². The molecule has 0 aliphatic carbocycles. The van der Waals surface area contributed by atoms with Crippen molar-refractivity contribution >= 4 is 21.6 Å². The van der Waals surface area contributed by atoms with Gasteiger partial charge in [0.25, 0.3) is 5.91 Å². The molecule has 23 heavy (non-hydrogen) atoms. The number of hydrogen-bond donors (Lipinski definition) is 3. The Labute approximate surface area is 138 Å². The summed E-state index contributed by atoms with van der Waals surface area (Å²) in [6.07, 6.45) is 2.06. The maximum absolute atomic E-state index is 12.2. The van der Waals surface area contributed by atoms with E-state index in [0.717, 1.165) is 12.8 Å². The van der Waals surface area contributed by atoms with Gasteiger partial charge in [0.15, 0.2) is 0 Å². The lowest BCUT2D eigenvalue weighted by Crippen LogP contribution is -2.49. The predicted octanol–water partition coefficient (Wildman–Crippen LogP) is 2.09. The van der Waals surface area contributed by atoms with Crippen molar-refractivity contribution in [3.8, 4) is 0 Å². The fourth-order valence-electron chi connectivity index (χ4n) is 2.08. The van der Waals surface area contributed by atoms with Crippen molar-refractivity contribution in [1.82, 2.24) is 5.32 Å². The molecule has 0 aliphatic rings. The molecule has 1 amide bonds. The second-order valence-corrected chi connectivity index (χ2v) is 7.60. The maximum Gasteiger partial charge on any atom is 0.251 e. The summed E-state index contributed by atoms with van der Waals surface area (Å²) >= 11 is 0. The van der Waals surface area contributed by atoms with Gasteiger partial charge in [-0.2, -0.15) is 0 Å². The molecule has 0 atom stereocenters. The summed E-state index contributed by atoms with van der Waals surface area (Å²) in [5.74, 6) is -0.218. The van der Waals surface area contributed by atoms with Gasteiger partial charge < -0.3 is 11.1 Å². The van der Waals surface area contributed by atoms with Gasteiger partial charge in [-0.15, -0.1) is 0 Å². The van der Waals surface area contributed by atoms with Crippen molar-refractivity contribution in [2.45, 2.75) is 45.6 Å². The Bertz CT molecular complexity index is 625. The Morgan fingerprint density at radius 2 is 1.87 bits per heavy atom. The van der Waals surface area contributed by atoms with Crippen LogP contribution in [0.3, 0.4) is 0 Å². The van der Waals surface area contributed by atoms with Crippen LogP contribution < -0.4 is 15.8 Å². The van der Waals surface area contributed by atoms with E-state index in [0.29, 0.717) is 24.2 Å². The van der Waals surface area contributed by atoms with E-state index in [2.05, 4.69) is 10.0 Å². The van der Waals surface area contributed by atoms with E-state index in [1.807, 2.05) is 13.8 Å². The third kappa shape index (κ3) is 6.19. The van der Waals surface area contributed by atoms with Gasteiger partial charge in [0.05, 0.1) is 5.75 Å². The summed E-state index contributed by atoms with van der Waals surface area (Å²) < 4.78 is 26.1. The summed E-state index contributed by atoms with van der Waals surface area (Å²) in [7, 11) is -3.37. The van der Waals surface area contributed by atoms with Gasteiger partial charge in [0.2, 0.25) is 10.0 Å². The minimum absolute atomic E-state index is 0.0477. The first-order chi connectivity index (χ1) is 10.7.